The Kier molecular flexibility index (Phi) is 5.18. The number of aryl methyl sites for hydroxylation is 1. The average Bonchev–Trinajstić information content (AvgIpc) is 2.29. The summed E-state index contributed by atoms with van der Waals surface area (Å²) in [5, 5.41) is 8.30. The second-order valence-corrected chi connectivity index (χ2v) is 3.84. The van der Waals surface area contributed by atoms with Crippen LogP contribution in [0, 0.1) is 0 Å². The van der Waals surface area contributed by atoms with Crippen molar-refractivity contribution in [3.63, 3.8) is 0 Å². The first kappa shape index (κ1) is 12.9. The number of thioether (sulfide) groups is 1. The monoisotopic (exact) mass is 241 g/mol. The third-order valence-corrected chi connectivity index (χ3v) is 2.42. The predicted molar refractivity (Wildman–Crippen MR) is 61.6 cm³/mol. The van der Waals surface area contributed by atoms with E-state index in [1.165, 1.54) is 11.8 Å². The number of carbonyl (C=O) groups is 1. The fraction of sp³-hybridized carbons (Fsp3) is 0.600. The van der Waals surface area contributed by atoms with Crippen LogP contribution in [0.4, 0.5) is 0 Å². The molecular formula is C10H15N3O2S. The van der Waals surface area contributed by atoms with Gasteiger partial charge in [0, 0.05) is 0 Å². The van der Waals surface area contributed by atoms with Crippen LogP contribution >= 0.6 is 11.8 Å². The van der Waals surface area contributed by atoms with Gasteiger partial charge >= 0.3 is 5.97 Å². The van der Waals surface area contributed by atoms with E-state index in [1.54, 1.807) is 6.92 Å². The molecule has 0 aromatic carbocycles. The molecule has 88 valence electrons. The number of hydrogen-bond acceptors (Lipinski definition) is 6. The number of aromatic nitrogens is 3. The van der Waals surface area contributed by atoms with Crippen LogP contribution in [0.5, 0.6) is 0 Å². The van der Waals surface area contributed by atoms with Gasteiger partial charge in [0.1, 0.15) is 0 Å². The van der Waals surface area contributed by atoms with Crippen LogP contribution in [-0.2, 0) is 11.2 Å². The minimum Gasteiger partial charge on any atom is -0.461 e. The van der Waals surface area contributed by atoms with E-state index in [1.807, 2.05) is 13.2 Å². The van der Waals surface area contributed by atoms with Crippen LogP contribution in [0.25, 0.3) is 0 Å². The molecule has 0 bridgehead atoms. The van der Waals surface area contributed by atoms with Crippen molar-refractivity contribution >= 4 is 17.7 Å². The van der Waals surface area contributed by atoms with Crippen molar-refractivity contribution in [2.45, 2.75) is 31.8 Å². The van der Waals surface area contributed by atoms with Crippen molar-refractivity contribution in [3.8, 4) is 0 Å². The first-order valence-corrected chi connectivity index (χ1v) is 6.40. The molecule has 0 aliphatic heterocycles. The Morgan fingerprint density at radius 3 is 2.69 bits per heavy atom. The fourth-order valence-electron chi connectivity index (χ4n) is 1.20. The summed E-state index contributed by atoms with van der Waals surface area (Å²) in [4.78, 5) is 15.8. The summed E-state index contributed by atoms with van der Waals surface area (Å²) in [7, 11) is 0. The summed E-state index contributed by atoms with van der Waals surface area (Å²) >= 11 is 1.41. The first-order chi connectivity index (χ1) is 7.72. The van der Waals surface area contributed by atoms with Crippen LogP contribution in [0.15, 0.2) is 5.16 Å². The molecular weight excluding hydrogens is 226 g/mol. The maximum Gasteiger partial charge on any atom is 0.360 e. The van der Waals surface area contributed by atoms with Crippen molar-refractivity contribution in [2.75, 3.05) is 12.9 Å². The SMILES string of the molecule is CCCc1nc(SC)nnc1C(=O)OCC. The van der Waals surface area contributed by atoms with E-state index in [9.17, 15) is 4.79 Å². The van der Waals surface area contributed by atoms with E-state index in [4.69, 9.17) is 4.74 Å². The van der Waals surface area contributed by atoms with Crippen molar-refractivity contribution in [3.05, 3.63) is 11.4 Å². The van der Waals surface area contributed by atoms with Crippen molar-refractivity contribution in [2.24, 2.45) is 0 Å². The Morgan fingerprint density at radius 1 is 1.38 bits per heavy atom. The second kappa shape index (κ2) is 6.42. The van der Waals surface area contributed by atoms with Crippen LogP contribution < -0.4 is 0 Å². The van der Waals surface area contributed by atoms with E-state index >= 15 is 0 Å². The molecule has 1 heterocycles. The molecule has 16 heavy (non-hydrogen) atoms. The van der Waals surface area contributed by atoms with Crippen molar-refractivity contribution in [1.29, 1.82) is 0 Å². The Hall–Kier alpha value is -1.17. The number of esters is 1. The molecule has 5 nitrogen and oxygen atoms in total. The Balaban J connectivity index is 3.01. The maximum absolute atomic E-state index is 11.6. The quantitative estimate of drug-likeness (QED) is 0.577. The highest BCUT2D eigenvalue weighted by Crippen LogP contribution is 2.12. The van der Waals surface area contributed by atoms with Crippen molar-refractivity contribution in [1.82, 2.24) is 15.2 Å². The van der Waals surface area contributed by atoms with Gasteiger partial charge in [-0.25, -0.2) is 9.78 Å². The molecule has 0 unspecified atom stereocenters. The van der Waals surface area contributed by atoms with Gasteiger partial charge in [-0.05, 0) is 19.6 Å². The van der Waals surface area contributed by atoms with E-state index in [-0.39, 0.29) is 5.69 Å². The molecule has 0 spiro atoms. The molecule has 0 N–H and O–H groups in total. The zero-order chi connectivity index (χ0) is 12.0. The molecule has 0 amide bonds. The zero-order valence-corrected chi connectivity index (χ0v) is 10.5. The summed E-state index contributed by atoms with van der Waals surface area (Å²) in [6.07, 6.45) is 3.48. The Morgan fingerprint density at radius 2 is 2.12 bits per heavy atom. The molecule has 0 atom stereocenters. The summed E-state index contributed by atoms with van der Waals surface area (Å²) in [6.45, 7) is 4.11. The molecule has 0 radical (unpaired) electrons. The lowest BCUT2D eigenvalue weighted by atomic mass is 10.2. The van der Waals surface area contributed by atoms with E-state index < -0.39 is 5.97 Å². The molecule has 1 aromatic rings. The molecule has 0 aliphatic carbocycles. The first-order valence-electron chi connectivity index (χ1n) is 5.17. The van der Waals surface area contributed by atoms with Gasteiger partial charge in [0.15, 0.2) is 5.69 Å². The maximum atomic E-state index is 11.6. The van der Waals surface area contributed by atoms with Crippen molar-refractivity contribution < 1.29 is 9.53 Å². The zero-order valence-electron chi connectivity index (χ0n) is 9.69. The Bertz CT molecular complexity index is 371. The topological polar surface area (TPSA) is 65.0 Å². The average molecular weight is 241 g/mol. The van der Waals surface area contributed by atoms with Gasteiger partial charge in [0.2, 0.25) is 5.16 Å². The highest BCUT2D eigenvalue weighted by atomic mass is 32.2. The van der Waals surface area contributed by atoms with Gasteiger partial charge in [-0.1, -0.05) is 25.1 Å². The van der Waals surface area contributed by atoms with Crippen LogP contribution in [0.1, 0.15) is 36.5 Å². The lowest BCUT2D eigenvalue weighted by molar-refractivity contribution is 0.0515. The summed E-state index contributed by atoms with van der Waals surface area (Å²) in [5.41, 5.74) is 0.904. The summed E-state index contributed by atoms with van der Waals surface area (Å²) < 4.78 is 4.90. The predicted octanol–water partition coefficient (Wildman–Crippen LogP) is 1.72. The van der Waals surface area contributed by atoms with E-state index in [0.717, 1.165) is 6.42 Å². The van der Waals surface area contributed by atoms with E-state index in [2.05, 4.69) is 15.2 Å². The van der Waals surface area contributed by atoms with Gasteiger partial charge in [0.05, 0.1) is 12.3 Å². The fourth-order valence-corrected chi connectivity index (χ4v) is 1.52. The summed E-state index contributed by atoms with van der Waals surface area (Å²) in [5.74, 6) is -0.446. The summed E-state index contributed by atoms with van der Waals surface area (Å²) in [6, 6.07) is 0. The van der Waals surface area contributed by atoms with Gasteiger partial charge in [0.25, 0.3) is 0 Å². The minimum atomic E-state index is -0.446. The molecule has 6 heteroatoms. The third kappa shape index (κ3) is 3.16. The lowest BCUT2D eigenvalue weighted by Crippen LogP contribution is -2.14. The Labute approximate surface area is 99.0 Å². The number of hydrogen-bond donors (Lipinski definition) is 0. The largest absolute Gasteiger partial charge is 0.461 e. The van der Waals surface area contributed by atoms with Crippen LogP contribution in [-0.4, -0.2) is 34.0 Å². The van der Waals surface area contributed by atoms with Crippen LogP contribution in [0.2, 0.25) is 0 Å². The number of carbonyl (C=O) groups excluding carboxylic acids is 1. The van der Waals surface area contributed by atoms with Gasteiger partial charge < -0.3 is 4.74 Å². The highest BCUT2D eigenvalue weighted by Gasteiger charge is 2.16. The molecule has 0 fully saturated rings. The third-order valence-electron chi connectivity index (χ3n) is 1.88. The number of nitrogens with zero attached hydrogens (tertiary/aromatic N) is 3. The minimum absolute atomic E-state index is 0.238. The molecule has 1 rings (SSSR count). The van der Waals surface area contributed by atoms with E-state index in [0.29, 0.717) is 23.9 Å². The van der Waals surface area contributed by atoms with Gasteiger partial charge in [-0.3, -0.25) is 0 Å². The molecule has 1 aromatic heterocycles. The molecule has 0 saturated heterocycles. The number of rotatable bonds is 5. The lowest BCUT2D eigenvalue weighted by Gasteiger charge is -2.06. The van der Waals surface area contributed by atoms with Gasteiger partial charge in [-0.2, -0.15) is 0 Å². The molecule has 0 aliphatic rings. The molecule has 0 saturated carbocycles. The number of ether oxygens (including phenoxy) is 1. The normalized spacial score (nSPS) is 10.2. The smallest absolute Gasteiger partial charge is 0.360 e. The standard InChI is InChI=1S/C10H15N3O2S/c1-4-6-7-8(9(14)15-5-2)12-13-10(11-7)16-3/h4-6H2,1-3H3. The highest BCUT2D eigenvalue weighted by molar-refractivity contribution is 7.98. The second-order valence-electron chi connectivity index (χ2n) is 3.06. The van der Waals surface area contributed by atoms with Gasteiger partial charge in [-0.15, -0.1) is 10.2 Å². The van der Waals surface area contributed by atoms with Crippen LogP contribution in [0.3, 0.4) is 0 Å².